The van der Waals surface area contributed by atoms with Crippen LogP contribution in [0.1, 0.15) is 15.9 Å². The molecule has 0 unspecified atom stereocenters. The Hall–Kier alpha value is -3.86. The standard InChI is InChI=1S/C19H15FN6O3S/c1-26-9-15(16-18(21)23-10-24-19(16)26)17(27)11-5-13(8-22-7-11)25-30(28,29)14-4-2-3-12(20)6-14/h2-10,25H,1H3,(H2,21,23,24). The van der Waals surface area contributed by atoms with E-state index in [1.807, 2.05) is 0 Å². The molecule has 0 spiro atoms. The van der Waals surface area contributed by atoms with Gasteiger partial charge in [-0.2, -0.15) is 0 Å². The van der Waals surface area contributed by atoms with Gasteiger partial charge in [-0.1, -0.05) is 6.07 Å². The lowest BCUT2D eigenvalue weighted by Crippen LogP contribution is -2.14. The smallest absolute Gasteiger partial charge is 0.262 e. The van der Waals surface area contributed by atoms with Crippen LogP contribution in [0.15, 0.2) is 60.1 Å². The number of carbonyl (C=O) groups is 1. The van der Waals surface area contributed by atoms with Gasteiger partial charge in [0, 0.05) is 25.0 Å². The molecule has 152 valence electrons. The maximum absolute atomic E-state index is 13.4. The lowest BCUT2D eigenvalue weighted by Gasteiger charge is -2.09. The van der Waals surface area contributed by atoms with Gasteiger partial charge in [0.1, 0.15) is 23.6 Å². The second-order valence-electron chi connectivity index (χ2n) is 6.47. The summed E-state index contributed by atoms with van der Waals surface area (Å²) >= 11 is 0. The highest BCUT2D eigenvalue weighted by Gasteiger charge is 2.21. The molecule has 0 aliphatic carbocycles. The Morgan fingerprint density at radius 1 is 1.20 bits per heavy atom. The van der Waals surface area contributed by atoms with Gasteiger partial charge in [0.2, 0.25) is 0 Å². The van der Waals surface area contributed by atoms with E-state index >= 15 is 0 Å². The van der Waals surface area contributed by atoms with E-state index in [-0.39, 0.29) is 27.5 Å². The normalized spacial score (nSPS) is 11.5. The third kappa shape index (κ3) is 3.46. The molecular weight excluding hydrogens is 411 g/mol. The van der Waals surface area contributed by atoms with Crippen LogP contribution in [0, 0.1) is 5.82 Å². The van der Waals surface area contributed by atoms with Crippen LogP contribution < -0.4 is 10.5 Å². The summed E-state index contributed by atoms with van der Waals surface area (Å²) in [6.45, 7) is 0. The molecule has 0 aliphatic rings. The minimum Gasteiger partial charge on any atom is -0.383 e. The first-order chi connectivity index (χ1) is 14.3. The van der Waals surface area contributed by atoms with E-state index < -0.39 is 21.6 Å². The zero-order chi connectivity index (χ0) is 21.5. The predicted octanol–water partition coefficient (Wildman–Crippen LogP) is 2.12. The van der Waals surface area contributed by atoms with Crippen molar-refractivity contribution in [2.24, 2.45) is 7.05 Å². The van der Waals surface area contributed by atoms with Gasteiger partial charge in [-0.15, -0.1) is 0 Å². The van der Waals surface area contributed by atoms with Crippen LogP contribution >= 0.6 is 0 Å². The Labute approximate surface area is 170 Å². The highest BCUT2D eigenvalue weighted by atomic mass is 32.2. The summed E-state index contributed by atoms with van der Waals surface area (Å²) in [5.41, 5.74) is 6.85. The summed E-state index contributed by atoms with van der Waals surface area (Å²) in [7, 11) is -2.35. The summed E-state index contributed by atoms with van der Waals surface area (Å²) < 4.78 is 42.3. The van der Waals surface area contributed by atoms with Crippen LogP contribution in [-0.4, -0.2) is 33.7 Å². The van der Waals surface area contributed by atoms with E-state index in [1.165, 1.54) is 36.9 Å². The molecule has 0 saturated carbocycles. The lowest BCUT2D eigenvalue weighted by molar-refractivity contribution is 0.103. The van der Waals surface area contributed by atoms with Crippen LogP contribution in [0.3, 0.4) is 0 Å². The second-order valence-corrected chi connectivity index (χ2v) is 8.15. The molecule has 3 aromatic heterocycles. The molecule has 1 aromatic carbocycles. The molecule has 0 radical (unpaired) electrons. The number of nitrogens with two attached hydrogens (primary N) is 1. The van der Waals surface area contributed by atoms with Crippen molar-refractivity contribution in [3.05, 3.63) is 72.2 Å². The number of hydrogen-bond acceptors (Lipinski definition) is 7. The van der Waals surface area contributed by atoms with Gasteiger partial charge in [0.05, 0.1) is 27.7 Å². The number of ketones is 1. The number of fused-ring (bicyclic) bond motifs is 1. The number of aromatic nitrogens is 4. The Morgan fingerprint density at radius 3 is 2.77 bits per heavy atom. The third-order valence-electron chi connectivity index (χ3n) is 4.39. The fourth-order valence-corrected chi connectivity index (χ4v) is 4.10. The largest absolute Gasteiger partial charge is 0.383 e. The number of nitrogens with zero attached hydrogens (tertiary/aromatic N) is 4. The van der Waals surface area contributed by atoms with Crippen LogP contribution in [0.25, 0.3) is 11.0 Å². The molecule has 0 atom stereocenters. The molecule has 3 heterocycles. The van der Waals surface area contributed by atoms with Crippen molar-refractivity contribution in [1.29, 1.82) is 0 Å². The molecule has 0 fully saturated rings. The zero-order valence-corrected chi connectivity index (χ0v) is 16.4. The summed E-state index contributed by atoms with van der Waals surface area (Å²) in [6.07, 6.45) is 5.42. The quantitative estimate of drug-likeness (QED) is 0.467. The highest BCUT2D eigenvalue weighted by molar-refractivity contribution is 7.92. The first kappa shape index (κ1) is 19.5. The Bertz CT molecular complexity index is 1400. The molecule has 0 amide bonds. The number of halogens is 1. The van der Waals surface area contributed by atoms with E-state index in [0.717, 1.165) is 12.1 Å². The molecule has 0 aliphatic heterocycles. The van der Waals surface area contributed by atoms with Crippen molar-refractivity contribution < 1.29 is 17.6 Å². The van der Waals surface area contributed by atoms with Crippen molar-refractivity contribution >= 4 is 38.3 Å². The summed E-state index contributed by atoms with van der Waals surface area (Å²) in [5.74, 6) is -0.961. The number of pyridine rings is 1. The molecule has 30 heavy (non-hydrogen) atoms. The number of anilines is 2. The van der Waals surface area contributed by atoms with Gasteiger partial charge < -0.3 is 10.3 Å². The molecule has 0 saturated heterocycles. The Morgan fingerprint density at radius 2 is 2.00 bits per heavy atom. The molecule has 11 heteroatoms. The SMILES string of the molecule is Cn1cc(C(=O)c2cncc(NS(=O)(=O)c3cccc(F)c3)c2)c2c(N)ncnc21. The van der Waals surface area contributed by atoms with E-state index in [0.29, 0.717) is 11.0 Å². The average Bonchev–Trinajstić information content (AvgIpc) is 3.05. The number of aryl methyl sites for hydroxylation is 1. The number of sulfonamides is 1. The lowest BCUT2D eigenvalue weighted by atomic mass is 10.1. The highest BCUT2D eigenvalue weighted by Crippen LogP contribution is 2.26. The zero-order valence-electron chi connectivity index (χ0n) is 15.6. The predicted molar refractivity (Wildman–Crippen MR) is 108 cm³/mol. The van der Waals surface area contributed by atoms with Gasteiger partial charge in [-0.25, -0.2) is 22.8 Å². The van der Waals surface area contributed by atoms with Gasteiger partial charge in [0.15, 0.2) is 5.78 Å². The maximum atomic E-state index is 13.4. The van der Waals surface area contributed by atoms with E-state index in [4.69, 9.17) is 5.73 Å². The van der Waals surface area contributed by atoms with E-state index in [2.05, 4.69) is 19.7 Å². The third-order valence-corrected chi connectivity index (χ3v) is 5.77. The Balaban J connectivity index is 1.70. The minimum absolute atomic E-state index is 0.0505. The number of nitrogen functional groups attached to an aromatic ring is 1. The number of carbonyl (C=O) groups excluding carboxylic acids is 1. The molecule has 4 aromatic rings. The van der Waals surface area contributed by atoms with Gasteiger partial charge in [0.25, 0.3) is 10.0 Å². The number of benzene rings is 1. The van der Waals surface area contributed by atoms with Gasteiger partial charge in [-0.05, 0) is 24.3 Å². The van der Waals surface area contributed by atoms with Crippen molar-refractivity contribution in [2.45, 2.75) is 4.90 Å². The average molecular weight is 426 g/mol. The van der Waals surface area contributed by atoms with Crippen molar-refractivity contribution in [1.82, 2.24) is 19.5 Å². The number of hydrogen-bond donors (Lipinski definition) is 2. The van der Waals surface area contributed by atoms with E-state index in [1.54, 1.807) is 17.8 Å². The van der Waals surface area contributed by atoms with Gasteiger partial charge in [-0.3, -0.25) is 14.5 Å². The maximum Gasteiger partial charge on any atom is 0.262 e. The molecule has 9 nitrogen and oxygen atoms in total. The summed E-state index contributed by atoms with van der Waals surface area (Å²) in [5, 5.41) is 0.399. The second kappa shape index (κ2) is 7.19. The van der Waals surface area contributed by atoms with Crippen LogP contribution in [0.5, 0.6) is 0 Å². The molecule has 3 N–H and O–H groups in total. The fraction of sp³-hybridized carbons (Fsp3) is 0.0526. The van der Waals surface area contributed by atoms with Gasteiger partial charge >= 0.3 is 0 Å². The van der Waals surface area contributed by atoms with Crippen LogP contribution in [0.4, 0.5) is 15.9 Å². The molecule has 4 rings (SSSR count). The fourth-order valence-electron chi connectivity index (χ4n) is 3.03. The monoisotopic (exact) mass is 426 g/mol. The van der Waals surface area contributed by atoms with Crippen molar-refractivity contribution in [2.75, 3.05) is 10.5 Å². The molecular formula is C19H15FN6O3S. The summed E-state index contributed by atoms with van der Waals surface area (Å²) in [4.78, 5) is 24.8. The number of nitrogens with one attached hydrogen (secondary N) is 1. The van der Waals surface area contributed by atoms with Crippen molar-refractivity contribution in [3.8, 4) is 0 Å². The Kier molecular flexibility index (Phi) is 4.66. The first-order valence-corrected chi connectivity index (χ1v) is 10.1. The van der Waals surface area contributed by atoms with Crippen LogP contribution in [0.2, 0.25) is 0 Å². The van der Waals surface area contributed by atoms with Crippen molar-refractivity contribution in [3.63, 3.8) is 0 Å². The first-order valence-electron chi connectivity index (χ1n) is 8.60. The minimum atomic E-state index is -4.07. The van der Waals surface area contributed by atoms with E-state index in [9.17, 15) is 17.6 Å². The molecule has 0 bridgehead atoms. The van der Waals surface area contributed by atoms with Crippen LogP contribution in [-0.2, 0) is 17.1 Å². The topological polar surface area (TPSA) is 133 Å². The number of rotatable bonds is 5. The summed E-state index contributed by atoms with van der Waals surface area (Å²) in [6, 6.07) is 5.91.